The Hall–Kier alpha value is -1.04. The summed E-state index contributed by atoms with van der Waals surface area (Å²) in [5.74, 6) is 1.48. The van der Waals surface area contributed by atoms with Gasteiger partial charge in [0, 0.05) is 9.75 Å². The van der Waals surface area contributed by atoms with Gasteiger partial charge in [-0.05, 0) is 65.1 Å². The van der Waals surface area contributed by atoms with Gasteiger partial charge in [-0.25, -0.2) is 0 Å². The van der Waals surface area contributed by atoms with Crippen LogP contribution in [-0.4, -0.2) is 13.7 Å². The summed E-state index contributed by atoms with van der Waals surface area (Å²) in [6, 6.07) is 8.29. The Morgan fingerprint density at radius 1 is 1.24 bits per heavy atom. The van der Waals surface area contributed by atoms with E-state index in [9.17, 15) is 0 Å². The molecule has 5 heteroatoms. The quantitative estimate of drug-likeness (QED) is 0.796. The highest BCUT2D eigenvalue weighted by Gasteiger charge is 2.12. The van der Waals surface area contributed by atoms with Crippen LogP contribution in [0, 0.1) is 0 Å². The van der Waals surface area contributed by atoms with Gasteiger partial charge in [-0.3, -0.25) is 0 Å². The Kier molecular flexibility index (Phi) is 6.08. The van der Waals surface area contributed by atoms with Crippen molar-refractivity contribution in [3.8, 4) is 11.5 Å². The van der Waals surface area contributed by atoms with Crippen molar-refractivity contribution in [2.24, 2.45) is 5.73 Å². The maximum atomic E-state index is 5.94. The van der Waals surface area contributed by atoms with E-state index >= 15 is 0 Å². The monoisotopic (exact) mass is 369 g/mol. The molecule has 0 aliphatic carbocycles. The molecule has 0 radical (unpaired) electrons. The summed E-state index contributed by atoms with van der Waals surface area (Å²) in [6.45, 7) is 3.33. The van der Waals surface area contributed by atoms with Gasteiger partial charge in [0.1, 0.15) is 6.61 Å². The van der Waals surface area contributed by atoms with E-state index in [-0.39, 0.29) is 0 Å². The van der Waals surface area contributed by atoms with E-state index in [1.54, 1.807) is 18.4 Å². The Morgan fingerprint density at radius 2 is 2.00 bits per heavy atom. The minimum absolute atomic E-state index is 0.551. The predicted octanol–water partition coefficient (Wildman–Crippen LogP) is 4.16. The SMILES string of the molecule is CCc1ccc(COc2c(Br)cc(CCN)cc2OC)s1. The molecular formula is C16H20BrNO2S. The summed E-state index contributed by atoms with van der Waals surface area (Å²) < 4.78 is 12.3. The summed E-state index contributed by atoms with van der Waals surface area (Å²) >= 11 is 5.34. The predicted molar refractivity (Wildman–Crippen MR) is 91.5 cm³/mol. The minimum atomic E-state index is 0.551. The molecule has 114 valence electrons. The molecule has 3 nitrogen and oxygen atoms in total. The molecule has 1 aromatic heterocycles. The summed E-state index contributed by atoms with van der Waals surface area (Å²) in [6.07, 6.45) is 1.88. The van der Waals surface area contributed by atoms with Gasteiger partial charge in [0.15, 0.2) is 11.5 Å². The first-order chi connectivity index (χ1) is 10.2. The van der Waals surface area contributed by atoms with Crippen molar-refractivity contribution < 1.29 is 9.47 Å². The average molecular weight is 370 g/mol. The lowest BCUT2D eigenvalue weighted by molar-refractivity contribution is 0.285. The zero-order chi connectivity index (χ0) is 15.2. The molecule has 0 fully saturated rings. The average Bonchev–Trinajstić information content (AvgIpc) is 2.94. The number of methoxy groups -OCH3 is 1. The van der Waals surface area contributed by atoms with Crippen molar-refractivity contribution in [1.29, 1.82) is 0 Å². The number of rotatable bonds is 7. The molecule has 0 aliphatic heterocycles. The third-order valence-electron chi connectivity index (χ3n) is 3.15. The number of halogens is 1. The van der Waals surface area contributed by atoms with Crippen LogP contribution in [-0.2, 0) is 19.4 Å². The van der Waals surface area contributed by atoms with Crippen molar-refractivity contribution in [2.75, 3.05) is 13.7 Å². The highest BCUT2D eigenvalue weighted by Crippen LogP contribution is 2.37. The smallest absolute Gasteiger partial charge is 0.175 e. The van der Waals surface area contributed by atoms with Crippen LogP contribution in [0.25, 0.3) is 0 Å². The molecule has 0 amide bonds. The van der Waals surface area contributed by atoms with Gasteiger partial charge >= 0.3 is 0 Å². The van der Waals surface area contributed by atoms with E-state index in [1.165, 1.54) is 9.75 Å². The van der Waals surface area contributed by atoms with E-state index in [4.69, 9.17) is 15.2 Å². The fourth-order valence-electron chi connectivity index (χ4n) is 2.06. The third-order valence-corrected chi connectivity index (χ3v) is 4.94. The molecule has 1 heterocycles. The standard InChI is InChI=1S/C16H20BrNO2S/c1-3-12-4-5-13(21-12)10-20-16-14(17)8-11(6-7-18)9-15(16)19-2/h4-5,8-9H,3,6-7,10,18H2,1-2H3. The van der Waals surface area contributed by atoms with E-state index in [2.05, 4.69) is 35.0 Å². The fraction of sp³-hybridized carbons (Fsp3) is 0.375. The zero-order valence-corrected chi connectivity index (χ0v) is 14.7. The Morgan fingerprint density at radius 3 is 2.62 bits per heavy atom. The van der Waals surface area contributed by atoms with Gasteiger partial charge in [-0.2, -0.15) is 0 Å². The molecule has 0 saturated carbocycles. The number of benzene rings is 1. The first-order valence-electron chi connectivity index (χ1n) is 6.94. The van der Waals surface area contributed by atoms with Gasteiger partial charge in [-0.15, -0.1) is 11.3 Å². The normalized spacial score (nSPS) is 10.7. The number of ether oxygens (including phenoxy) is 2. The van der Waals surface area contributed by atoms with Gasteiger partial charge in [0.05, 0.1) is 11.6 Å². The van der Waals surface area contributed by atoms with Gasteiger partial charge in [-0.1, -0.05) is 6.92 Å². The molecule has 2 rings (SSSR count). The van der Waals surface area contributed by atoms with Crippen LogP contribution < -0.4 is 15.2 Å². The second-order valence-electron chi connectivity index (χ2n) is 4.66. The third kappa shape index (κ3) is 4.22. The molecule has 0 bridgehead atoms. The molecule has 2 aromatic rings. The van der Waals surface area contributed by atoms with E-state index in [0.717, 1.165) is 34.4 Å². The zero-order valence-electron chi connectivity index (χ0n) is 12.3. The molecule has 21 heavy (non-hydrogen) atoms. The lowest BCUT2D eigenvalue weighted by Gasteiger charge is -2.13. The highest BCUT2D eigenvalue weighted by atomic mass is 79.9. The number of hydrogen-bond donors (Lipinski definition) is 1. The van der Waals surface area contributed by atoms with Gasteiger partial charge in [0.2, 0.25) is 0 Å². The molecular weight excluding hydrogens is 350 g/mol. The lowest BCUT2D eigenvalue weighted by atomic mass is 10.1. The van der Waals surface area contributed by atoms with Crippen molar-refractivity contribution in [2.45, 2.75) is 26.4 Å². The van der Waals surface area contributed by atoms with Crippen LogP contribution in [0.15, 0.2) is 28.7 Å². The van der Waals surface area contributed by atoms with E-state index in [1.807, 2.05) is 12.1 Å². The van der Waals surface area contributed by atoms with Crippen LogP contribution in [0.3, 0.4) is 0 Å². The molecule has 2 N–H and O–H groups in total. The van der Waals surface area contributed by atoms with Crippen molar-refractivity contribution >= 4 is 27.3 Å². The van der Waals surface area contributed by atoms with Gasteiger partial charge in [0.25, 0.3) is 0 Å². The number of hydrogen-bond acceptors (Lipinski definition) is 4. The van der Waals surface area contributed by atoms with Crippen LogP contribution in [0.1, 0.15) is 22.2 Å². The Labute approximate surface area is 138 Å². The summed E-state index contributed by atoms with van der Waals surface area (Å²) in [5, 5.41) is 0. The van der Waals surface area contributed by atoms with Crippen LogP contribution in [0.4, 0.5) is 0 Å². The molecule has 0 spiro atoms. The summed E-state index contributed by atoms with van der Waals surface area (Å²) in [7, 11) is 1.65. The highest BCUT2D eigenvalue weighted by molar-refractivity contribution is 9.10. The molecule has 0 unspecified atom stereocenters. The second kappa shape index (κ2) is 7.82. The Balaban J connectivity index is 2.14. The summed E-state index contributed by atoms with van der Waals surface area (Å²) in [5.41, 5.74) is 6.74. The van der Waals surface area contributed by atoms with Gasteiger partial charge < -0.3 is 15.2 Å². The maximum absolute atomic E-state index is 5.94. The van der Waals surface area contributed by atoms with E-state index < -0.39 is 0 Å². The van der Waals surface area contributed by atoms with Crippen LogP contribution >= 0.6 is 27.3 Å². The fourth-order valence-corrected chi connectivity index (χ4v) is 3.53. The lowest BCUT2D eigenvalue weighted by Crippen LogP contribution is -2.04. The number of aryl methyl sites for hydroxylation is 1. The van der Waals surface area contributed by atoms with Crippen molar-refractivity contribution in [1.82, 2.24) is 0 Å². The largest absolute Gasteiger partial charge is 0.493 e. The first kappa shape index (κ1) is 16.3. The number of nitrogens with two attached hydrogens (primary N) is 1. The van der Waals surface area contributed by atoms with Crippen molar-refractivity contribution in [3.63, 3.8) is 0 Å². The summed E-state index contributed by atoms with van der Waals surface area (Å²) in [4.78, 5) is 2.59. The molecule has 0 aliphatic rings. The van der Waals surface area contributed by atoms with Crippen LogP contribution in [0.5, 0.6) is 11.5 Å². The maximum Gasteiger partial charge on any atom is 0.175 e. The molecule has 0 atom stereocenters. The van der Waals surface area contributed by atoms with Crippen molar-refractivity contribution in [3.05, 3.63) is 44.1 Å². The Bertz CT molecular complexity index is 598. The molecule has 0 saturated heterocycles. The minimum Gasteiger partial charge on any atom is -0.493 e. The second-order valence-corrected chi connectivity index (χ2v) is 6.77. The topological polar surface area (TPSA) is 44.5 Å². The number of thiophene rings is 1. The molecule has 1 aromatic carbocycles. The van der Waals surface area contributed by atoms with Crippen LogP contribution in [0.2, 0.25) is 0 Å². The first-order valence-corrected chi connectivity index (χ1v) is 8.55. The van der Waals surface area contributed by atoms with E-state index in [0.29, 0.717) is 13.2 Å².